The largest absolute Gasteiger partial charge is 0.320 e. The van der Waals surface area contributed by atoms with Gasteiger partial charge in [-0.3, -0.25) is 4.79 Å². The fraction of sp³-hybridized carbons (Fsp3) is 0.182. The second-order valence-electron chi connectivity index (χ2n) is 3.48. The summed E-state index contributed by atoms with van der Waals surface area (Å²) in [5.74, 6) is -0.218. The highest BCUT2D eigenvalue weighted by Gasteiger charge is 2.16. The zero-order valence-corrected chi connectivity index (χ0v) is 12.6. The van der Waals surface area contributed by atoms with Gasteiger partial charge in [-0.2, -0.15) is 0 Å². The van der Waals surface area contributed by atoms with Crippen LogP contribution >= 0.6 is 39.1 Å². The predicted molar refractivity (Wildman–Crippen MR) is 76.4 cm³/mol. The van der Waals surface area contributed by atoms with Gasteiger partial charge in [0.2, 0.25) is 0 Å². The van der Waals surface area contributed by atoms with Crippen molar-refractivity contribution >= 4 is 50.7 Å². The van der Waals surface area contributed by atoms with Crippen molar-refractivity contribution in [3.63, 3.8) is 0 Å². The third-order valence-electron chi connectivity index (χ3n) is 2.27. The van der Waals surface area contributed by atoms with Gasteiger partial charge in [-0.05, 0) is 52.1 Å². The van der Waals surface area contributed by atoms with E-state index >= 15 is 0 Å². The molecule has 1 aromatic carbocycles. The van der Waals surface area contributed by atoms with Crippen LogP contribution in [0.15, 0.2) is 22.7 Å². The fourth-order valence-corrected chi connectivity index (χ4v) is 2.55. The molecule has 0 unspecified atom stereocenters. The lowest BCUT2D eigenvalue weighted by Gasteiger charge is -2.06. The van der Waals surface area contributed by atoms with E-state index in [9.17, 15) is 4.79 Å². The van der Waals surface area contributed by atoms with Gasteiger partial charge in [0.05, 0.1) is 11.4 Å². The molecule has 18 heavy (non-hydrogen) atoms. The van der Waals surface area contributed by atoms with Gasteiger partial charge < -0.3 is 5.32 Å². The number of carbonyl (C=O) groups is 1. The predicted octanol–water partition coefficient (Wildman–Crippen LogP) is 3.77. The highest BCUT2D eigenvalue weighted by molar-refractivity contribution is 9.10. The third-order valence-corrected chi connectivity index (χ3v) is 3.97. The summed E-state index contributed by atoms with van der Waals surface area (Å²) in [4.78, 5) is 12.6. The summed E-state index contributed by atoms with van der Waals surface area (Å²) in [6.07, 6.45) is 0.677. The highest BCUT2D eigenvalue weighted by atomic mass is 79.9. The van der Waals surface area contributed by atoms with Crippen LogP contribution < -0.4 is 5.32 Å². The smallest absolute Gasteiger partial charge is 0.269 e. The van der Waals surface area contributed by atoms with Crippen LogP contribution in [0, 0.1) is 0 Å². The summed E-state index contributed by atoms with van der Waals surface area (Å²) in [7, 11) is 0. The molecule has 7 heteroatoms. The Balaban J connectivity index is 2.24. The number of aryl methyl sites for hydroxylation is 1. The number of benzene rings is 1. The number of nitrogens with one attached hydrogen (secondary N) is 1. The summed E-state index contributed by atoms with van der Waals surface area (Å²) in [5, 5.41) is 7.26. The first-order valence-corrected chi connectivity index (χ1v) is 7.14. The molecular weight excluding hydrogens is 338 g/mol. The normalized spacial score (nSPS) is 10.4. The van der Waals surface area contributed by atoms with E-state index in [2.05, 4.69) is 30.8 Å². The van der Waals surface area contributed by atoms with E-state index in [1.54, 1.807) is 18.2 Å². The SMILES string of the molecule is CCc1nnsc1C(=O)Nc1cc(Cl)ccc1Br. The molecule has 1 N–H and O–H groups in total. The monoisotopic (exact) mass is 345 g/mol. The topological polar surface area (TPSA) is 54.9 Å². The number of hydrogen-bond acceptors (Lipinski definition) is 4. The lowest BCUT2D eigenvalue weighted by molar-refractivity contribution is 0.102. The molecule has 0 aliphatic carbocycles. The Morgan fingerprint density at radius 1 is 1.56 bits per heavy atom. The maximum absolute atomic E-state index is 12.1. The molecule has 2 rings (SSSR count). The number of carbonyl (C=O) groups excluding carboxylic acids is 1. The quantitative estimate of drug-likeness (QED) is 0.920. The molecule has 1 heterocycles. The first kappa shape index (κ1) is 13.5. The molecule has 0 aliphatic heterocycles. The zero-order chi connectivity index (χ0) is 13.1. The summed E-state index contributed by atoms with van der Waals surface area (Å²) >= 11 is 10.3. The number of hydrogen-bond donors (Lipinski definition) is 1. The Hall–Kier alpha value is -0.980. The molecule has 0 atom stereocenters. The van der Waals surface area contributed by atoms with Crippen molar-refractivity contribution in [1.29, 1.82) is 0 Å². The van der Waals surface area contributed by atoms with Gasteiger partial charge >= 0.3 is 0 Å². The maximum atomic E-state index is 12.1. The molecule has 0 radical (unpaired) electrons. The summed E-state index contributed by atoms with van der Waals surface area (Å²) < 4.78 is 4.56. The van der Waals surface area contributed by atoms with E-state index in [4.69, 9.17) is 11.6 Å². The molecule has 0 bridgehead atoms. The molecule has 0 aliphatic rings. The molecule has 4 nitrogen and oxygen atoms in total. The van der Waals surface area contributed by atoms with Crippen LogP contribution in [0.2, 0.25) is 5.02 Å². The summed E-state index contributed by atoms with van der Waals surface area (Å²) in [5.41, 5.74) is 1.33. The van der Waals surface area contributed by atoms with E-state index in [1.807, 2.05) is 6.92 Å². The van der Waals surface area contributed by atoms with Gasteiger partial charge in [-0.1, -0.05) is 23.0 Å². The molecule has 0 fully saturated rings. The Bertz CT molecular complexity index is 587. The number of amides is 1. The van der Waals surface area contributed by atoms with Gasteiger partial charge in [0.25, 0.3) is 5.91 Å². The molecular formula is C11H9BrClN3OS. The molecule has 0 spiro atoms. The molecule has 0 saturated heterocycles. The zero-order valence-electron chi connectivity index (χ0n) is 9.41. The van der Waals surface area contributed by atoms with Crippen LogP contribution in [0.3, 0.4) is 0 Å². The van der Waals surface area contributed by atoms with E-state index in [0.29, 0.717) is 27.7 Å². The lowest BCUT2D eigenvalue weighted by Crippen LogP contribution is -2.12. The van der Waals surface area contributed by atoms with Crippen molar-refractivity contribution in [3.05, 3.63) is 38.3 Å². The van der Waals surface area contributed by atoms with Gasteiger partial charge in [-0.15, -0.1) is 5.10 Å². The number of nitrogens with zero attached hydrogens (tertiary/aromatic N) is 2. The summed E-state index contributed by atoms with van der Waals surface area (Å²) in [6, 6.07) is 5.21. The minimum atomic E-state index is -0.218. The van der Waals surface area contributed by atoms with E-state index in [-0.39, 0.29) is 5.91 Å². The van der Waals surface area contributed by atoms with Gasteiger partial charge in [-0.25, -0.2) is 0 Å². The number of halogens is 2. The first-order valence-electron chi connectivity index (χ1n) is 5.19. The molecule has 94 valence electrons. The molecule has 1 amide bonds. The number of anilines is 1. The van der Waals surface area contributed by atoms with Crippen molar-refractivity contribution in [3.8, 4) is 0 Å². The van der Waals surface area contributed by atoms with Crippen molar-refractivity contribution in [1.82, 2.24) is 9.59 Å². The lowest BCUT2D eigenvalue weighted by atomic mass is 10.2. The van der Waals surface area contributed by atoms with E-state index in [1.165, 1.54) is 0 Å². The Morgan fingerprint density at radius 2 is 2.33 bits per heavy atom. The number of aromatic nitrogens is 2. The minimum absolute atomic E-state index is 0.218. The van der Waals surface area contributed by atoms with Gasteiger partial charge in [0, 0.05) is 9.50 Å². The van der Waals surface area contributed by atoms with Crippen LogP contribution in [-0.4, -0.2) is 15.5 Å². The van der Waals surface area contributed by atoms with Crippen LogP contribution in [0.4, 0.5) is 5.69 Å². The minimum Gasteiger partial charge on any atom is -0.320 e. The Labute approximate surface area is 122 Å². The first-order chi connectivity index (χ1) is 8.61. The summed E-state index contributed by atoms with van der Waals surface area (Å²) in [6.45, 7) is 1.93. The number of rotatable bonds is 3. The second-order valence-corrected chi connectivity index (χ2v) is 5.53. The molecule has 2 aromatic rings. The van der Waals surface area contributed by atoms with Gasteiger partial charge in [0.15, 0.2) is 0 Å². The average Bonchev–Trinajstić information content (AvgIpc) is 2.82. The van der Waals surface area contributed by atoms with Crippen molar-refractivity contribution in [2.45, 2.75) is 13.3 Å². The maximum Gasteiger partial charge on any atom is 0.269 e. The fourth-order valence-electron chi connectivity index (χ4n) is 1.38. The second kappa shape index (κ2) is 5.77. The van der Waals surface area contributed by atoms with Crippen molar-refractivity contribution < 1.29 is 4.79 Å². The molecule has 0 saturated carbocycles. The van der Waals surface area contributed by atoms with E-state index in [0.717, 1.165) is 16.0 Å². The van der Waals surface area contributed by atoms with Crippen molar-refractivity contribution in [2.75, 3.05) is 5.32 Å². The Kier molecular flexibility index (Phi) is 4.31. The highest BCUT2D eigenvalue weighted by Crippen LogP contribution is 2.26. The van der Waals surface area contributed by atoms with Crippen LogP contribution in [0.25, 0.3) is 0 Å². The Morgan fingerprint density at radius 3 is 3.06 bits per heavy atom. The van der Waals surface area contributed by atoms with Crippen LogP contribution in [0.1, 0.15) is 22.3 Å². The standard InChI is InChI=1S/C11H9BrClN3OS/c1-2-8-10(18-16-15-8)11(17)14-9-5-6(13)3-4-7(9)12/h3-5H,2H2,1H3,(H,14,17). The average molecular weight is 347 g/mol. The van der Waals surface area contributed by atoms with Gasteiger partial charge in [0.1, 0.15) is 4.88 Å². The van der Waals surface area contributed by atoms with Crippen LogP contribution in [0.5, 0.6) is 0 Å². The van der Waals surface area contributed by atoms with Crippen molar-refractivity contribution in [2.24, 2.45) is 0 Å². The van der Waals surface area contributed by atoms with Crippen LogP contribution in [-0.2, 0) is 6.42 Å². The third kappa shape index (κ3) is 2.88. The van der Waals surface area contributed by atoms with E-state index < -0.39 is 0 Å². The molecule has 1 aromatic heterocycles.